The lowest BCUT2D eigenvalue weighted by atomic mass is 10.1. The van der Waals surface area contributed by atoms with E-state index >= 15 is 0 Å². The van der Waals surface area contributed by atoms with Crippen LogP contribution >= 0.6 is 0 Å². The number of aliphatic hydroxyl groups is 1. The molecule has 108 valence electrons. The van der Waals surface area contributed by atoms with Crippen LogP contribution < -0.4 is 9.47 Å². The maximum absolute atomic E-state index is 9.40. The van der Waals surface area contributed by atoms with Crippen LogP contribution in [0.2, 0.25) is 0 Å². The van der Waals surface area contributed by atoms with E-state index in [-0.39, 0.29) is 0 Å². The van der Waals surface area contributed by atoms with Crippen molar-refractivity contribution >= 4 is 11.2 Å². The smallest absolute Gasteiger partial charge is 0.194 e. The number of methoxy groups -OCH3 is 1. The van der Waals surface area contributed by atoms with Crippen LogP contribution in [0, 0.1) is 0 Å². The number of nitrogens with zero attached hydrogens (tertiary/aromatic N) is 2. The molecule has 0 aliphatic heterocycles. The Balaban J connectivity index is 2.05. The predicted molar refractivity (Wildman–Crippen MR) is 78.2 cm³/mol. The van der Waals surface area contributed by atoms with Crippen LogP contribution in [-0.4, -0.2) is 33.5 Å². The highest BCUT2D eigenvalue weighted by Gasteiger charge is 2.11. The number of aliphatic hydroxyl groups excluding tert-OH is 1. The summed E-state index contributed by atoms with van der Waals surface area (Å²) in [4.78, 5) is 11.7. The van der Waals surface area contributed by atoms with E-state index in [0.717, 1.165) is 22.4 Å². The number of H-pyrrole nitrogens is 1. The minimum atomic E-state index is -0.916. The first kappa shape index (κ1) is 13.4. The third-order valence-corrected chi connectivity index (χ3v) is 3.03. The zero-order valence-corrected chi connectivity index (χ0v) is 11.7. The van der Waals surface area contributed by atoms with E-state index in [4.69, 9.17) is 9.47 Å². The van der Waals surface area contributed by atoms with Crippen molar-refractivity contribution in [2.75, 3.05) is 7.11 Å². The monoisotopic (exact) mass is 285 g/mol. The third kappa shape index (κ3) is 2.66. The molecule has 0 bridgehead atoms. The maximum atomic E-state index is 9.40. The molecule has 3 aromatic rings. The molecule has 6 heteroatoms. The molecule has 21 heavy (non-hydrogen) atoms. The van der Waals surface area contributed by atoms with Crippen LogP contribution in [-0.2, 0) is 0 Å². The molecular formula is C15H15N3O3. The molecule has 2 aromatic heterocycles. The number of fused-ring (bicyclic) bond motifs is 1. The summed E-state index contributed by atoms with van der Waals surface area (Å²) in [6.45, 7) is 1.54. The van der Waals surface area contributed by atoms with Crippen molar-refractivity contribution in [1.82, 2.24) is 15.0 Å². The Morgan fingerprint density at radius 2 is 1.95 bits per heavy atom. The first-order chi connectivity index (χ1) is 10.2. The zero-order valence-electron chi connectivity index (χ0n) is 11.7. The van der Waals surface area contributed by atoms with Gasteiger partial charge in [0.25, 0.3) is 0 Å². The van der Waals surface area contributed by atoms with Crippen molar-refractivity contribution in [2.45, 2.75) is 13.2 Å². The molecule has 3 rings (SSSR count). The summed E-state index contributed by atoms with van der Waals surface area (Å²) < 4.78 is 10.6. The minimum Gasteiger partial charge on any atom is -0.493 e. The lowest BCUT2D eigenvalue weighted by molar-refractivity contribution is -0.00201. The second-order valence-electron chi connectivity index (χ2n) is 4.56. The number of aromatic nitrogens is 3. The Morgan fingerprint density at radius 1 is 1.14 bits per heavy atom. The topological polar surface area (TPSA) is 80.3 Å². The minimum absolute atomic E-state index is 0.476. The Morgan fingerprint density at radius 3 is 2.67 bits per heavy atom. The first-order valence-electron chi connectivity index (χ1n) is 6.50. The fourth-order valence-corrected chi connectivity index (χ4v) is 2.13. The van der Waals surface area contributed by atoms with E-state index < -0.39 is 6.29 Å². The maximum Gasteiger partial charge on any atom is 0.194 e. The van der Waals surface area contributed by atoms with E-state index in [9.17, 15) is 5.11 Å². The van der Waals surface area contributed by atoms with Gasteiger partial charge in [0, 0.05) is 23.7 Å². The largest absolute Gasteiger partial charge is 0.493 e. The highest BCUT2D eigenvalue weighted by molar-refractivity contribution is 5.80. The van der Waals surface area contributed by atoms with Crippen LogP contribution in [0.5, 0.6) is 11.5 Å². The molecule has 0 aliphatic rings. The van der Waals surface area contributed by atoms with Gasteiger partial charge in [0.2, 0.25) is 0 Å². The van der Waals surface area contributed by atoms with E-state index in [1.54, 1.807) is 38.6 Å². The molecule has 1 atom stereocenters. The molecule has 6 nitrogen and oxygen atoms in total. The van der Waals surface area contributed by atoms with Crippen LogP contribution in [0.15, 0.2) is 36.7 Å². The molecule has 0 radical (unpaired) electrons. The van der Waals surface area contributed by atoms with Crippen molar-refractivity contribution < 1.29 is 14.6 Å². The fourth-order valence-electron chi connectivity index (χ4n) is 2.13. The van der Waals surface area contributed by atoms with Gasteiger partial charge in [-0.1, -0.05) is 0 Å². The molecule has 1 aromatic carbocycles. The van der Waals surface area contributed by atoms with Gasteiger partial charge in [-0.3, -0.25) is 4.98 Å². The average Bonchev–Trinajstić information content (AvgIpc) is 2.90. The fraction of sp³-hybridized carbons (Fsp3) is 0.200. The SMILES string of the molecule is COc1ccc(-c2cc3nccnc3[nH]2)cc1OC(C)O. The van der Waals surface area contributed by atoms with Crippen molar-refractivity contribution in [3.8, 4) is 22.8 Å². The van der Waals surface area contributed by atoms with Crippen molar-refractivity contribution in [3.63, 3.8) is 0 Å². The van der Waals surface area contributed by atoms with Crippen LogP contribution in [0.4, 0.5) is 0 Å². The van der Waals surface area contributed by atoms with Gasteiger partial charge in [-0.05, 0) is 31.2 Å². The number of benzene rings is 1. The molecule has 0 saturated carbocycles. The number of hydrogen-bond acceptors (Lipinski definition) is 5. The molecule has 2 heterocycles. The van der Waals surface area contributed by atoms with Gasteiger partial charge in [0.05, 0.1) is 7.11 Å². The van der Waals surface area contributed by atoms with Gasteiger partial charge >= 0.3 is 0 Å². The normalized spacial score (nSPS) is 12.3. The summed E-state index contributed by atoms with van der Waals surface area (Å²) in [5.74, 6) is 1.04. The summed E-state index contributed by atoms with van der Waals surface area (Å²) in [7, 11) is 1.56. The van der Waals surface area contributed by atoms with E-state index in [1.807, 2.05) is 12.1 Å². The summed E-state index contributed by atoms with van der Waals surface area (Å²) in [6.07, 6.45) is 2.37. The van der Waals surface area contributed by atoms with Crippen molar-refractivity contribution in [1.29, 1.82) is 0 Å². The molecule has 0 saturated heterocycles. The van der Waals surface area contributed by atoms with Crippen LogP contribution in [0.25, 0.3) is 22.4 Å². The molecular weight excluding hydrogens is 270 g/mol. The Labute approximate surface area is 121 Å². The number of hydrogen-bond donors (Lipinski definition) is 2. The molecule has 0 aliphatic carbocycles. The number of ether oxygens (including phenoxy) is 2. The molecule has 0 spiro atoms. The van der Waals surface area contributed by atoms with E-state index in [1.165, 1.54) is 0 Å². The Kier molecular flexibility index (Phi) is 3.45. The van der Waals surface area contributed by atoms with Gasteiger partial charge in [-0.25, -0.2) is 4.98 Å². The summed E-state index contributed by atoms with van der Waals surface area (Å²) in [6, 6.07) is 7.41. The highest BCUT2D eigenvalue weighted by atomic mass is 16.6. The zero-order chi connectivity index (χ0) is 14.8. The molecule has 2 N–H and O–H groups in total. The van der Waals surface area contributed by atoms with E-state index in [0.29, 0.717) is 11.5 Å². The summed E-state index contributed by atoms with van der Waals surface area (Å²) in [5, 5.41) is 9.40. The third-order valence-electron chi connectivity index (χ3n) is 3.03. The van der Waals surface area contributed by atoms with Crippen molar-refractivity contribution in [3.05, 3.63) is 36.7 Å². The molecule has 0 amide bonds. The average molecular weight is 285 g/mol. The van der Waals surface area contributed by atoms with Crippen LogP contribution in [0.3, 0.4) is 0 Å². The quantitative estimate of drug-likeness (QED) is 0.719. The van der Waals surface area contributed by atoms with Gasteiger partial charge in [0.15, 0.2) is 23.4 Å². The second-order valence-corrected chi connectivity index (χ2v) is 4.56. The second kappa shape index (κ2) is 5.41. The van der Waals surface area contributed by atoms with Crippen molar-refractivity contribution in [2.24, 2.45) is 0 Å². The van der Waals surface area contributed by atoms with E-state index in [2.05, 4.69) is 15.0 Å². The summed E-state index contributed by atoms with van der Waals surface area (Å²) >= 11 is 0. The first-order valence-corrected chi connectivity index (χ1v) is 6.50. The molecule has 1 unspecified atom stereocenters. The van der Waals surface area contributed by atoms with Crippen LogP contribution in [0.1, 0.15) is 6.92 Å². The summed E-state index contributed by atoms with van der Waals surface area (Å²) in [5.41, 5.74) is 3.28. The Bertz CT molecular complexity index is 735. The molecule has 0 fully saturated rings. The predicted octanol–water partition coefficient (Wildman–Crippen LogP) is 2.35. The van der Waals surface area contributed by atoms with Gasteiger partial charge in [0.1, 0.15) is 5.52 Å². The number of nitrogens with one attached hydrogen (secondary N) is 1. The lowest BCUT2D eigenvalue weighted by Gasteiger charge is -2.13. The van der Waals surface area contributed by atoms with Gasteiger partial charge < -0.3 is 19.6 Å². The number of aromatic amines is 1. The van der Waals surface area contributed by atoms with Gasteiger partial charge in [-0.15, -0.1) is 0 Å². The number of rotatable bonds is 4. The highest BCUT2D eigenvalue weighted by Crippen LogP contribution is 2.33. The standard InChI is InChI=1S/C15H15N3O3/c1-9(19)21-14-7-10(3-4-13(14)20-2)11-8-12-15(18-11)17-6-5-16-12/h3-9,19H,1-2H3,(H,17,18). The Hall–Kier alpha value is -2.60. The lowest BCUT2D eigenvalue weighted by Crippen LogP contribution is -2.10. The van der Waals surface area contributed by atoms with Gasteiger partial charge in [-0.2, -0.15) is 0 Å².